The Balaban J connectivity index is 1.68. The van der Waals surface area contributed by atoms with Crippen molar-refractivity contribution in [1.82, 2.24) is 4.98 Å². The second-order valence-electron chi connectivity index (χ2n) is 5.22. The predicted octanol–water partition coefficient (Wildman–Crippen LogP) is 2.19. The molecule has 3 rings (SSSR count). The molecule has 1 saturated heterocycles. The summed E-state index contributed by atoms with van der Waals surface area (Å²) in [6, 6.07) is 0. The summed E-state index contributed by atoms with van der Waals surface area (Å²) < 4.78 is 5.32. The number of carbonyl (C=O) groups excluding carboxylic acids is 2. The number of Topliss-reactive ketones (excluding diaryl/α,β-unsaturated/α-hetero) is 1. The summed E-state index contributed by atoms with van der Waals surface area (Å²) in [7, 11) is 0. The number of ether oxygens (including phenoxy) is 1. The lowest BCUT2D eigenvalue weighted by atomic mass is 9.83. The first-order chi connectivity index (χ1) is 9.74. The van der Waals surface area contributed by atoms with Gasteiger partial charge < -0.3 is 4.74 Å². The number of aromatic nitrogens is 1. The first-order valence-corrected chi connectivity index (χ1v) is 7.76. The molecular weight excluding hydrogens is 274 g/mol. The van der Waals surface area contributed by atoms with Gasteiger partial charge in [0.1, 0.15) is 5.92 Å². The Morgan fingerprint density at radius 1 is 1.30 bits per heavy atom. The fraction of sp³-hybridized carbons (Fsp3) is 0.533. The monoisotopic (exact) mass is 289 g/mol. The van der Waals surface area contributed by atoms with E-state index in [9.17, 15) is 9.59 Å². The van der Waals surface area contributed by atoms with Crippen molar-refractivity contribution >= 4 is 23.1 Å². The third-order valence-electron chi connectivity index (χ3n) is 3.89. The standard InChI is InChI=1S/C15H15NO3S/c17-12-9-11(5-6-13-16-7-8-20-13)19-15(18)14(12)10-3-1-2-4-10/h7-8,10-11,14H,1-4,9H2. The van der Waals surface area contributed by atoms with Crippen molar-refractivity contribution < 1.29 is 14.3 Å². The topological polar surface area (TPSA) is 56.3 Å². The quantitative estimate of drug-likeness (QED) is 0.452. The van der Waals surface area contributed by atoms with Crippen LogP contribution in [-0.2, 0) is 14.3 Å². The number of cyclic esters (lactones) is 1. The number of carbonyl (C=O) groups is 2. The smallest absolute Gasteiger partial charge is 0.318 e. The Morgan fingerprint density at radius 2 is 2.10 bits per heavy atom. The fourth-order valence-corrected chi connectivity index (χ4v) is 3.44. The maximum Gasteiger partial charge on any atom is 0.318 e. The Morgan fingerprint density at radius 3 is 2.75 bits per heavy atom. The van der Waals surface area contributed by atoms with E-state index >= 15 is 0 Å². The maximum absolute atomic E-state index is 12.2. The van der Waals surface area contributed by atoms with Crippen LogP contribution < -0.4 is 0 Å². The number of thiazole rings is 1. The van der Waals surface area contributed by atoms with E-state index in [2.05, 4.69) is 16.8 Å². The van der Waals surface area contributed by atoms with E-state index in [1.807, 2.05) is 5.38 Å². The van der Waals surface area contributed by atoms with Crippen molar-refractivity contribution in [2.75, 3.05) is 0 Å². The van der Waals surface area contributed by atoms with E-state index in [0.717, 1.165) is 25.7 Å². The van der Waals surface area contributed by atoms with Crippen LogP contribution in [0.1, 0.15) is 37.1 Å². The van der Waals surface area contributed by atoms with Crippen LogP contribution in [0.4, 0.5) is 0 Å². The van der Waals surface area contributed by atoms with Crippen molar-refractivity contribution in [2.45, 2.75) is 38.2 Å². The van der Waals surface area contributed by atoms with Gasteiger partial charge in [0.05, 0.1) is 6.42 Å². The molecular formula is C15H15NO3S. The van der Waals surface area contributed by atoms with Crippen LogP contribution in [0.3, 0.4) is 0 Å². The van der Waals surface area contributed by atoms with Crippen molar-refractivity contribution in [2.24, 2.45) is 11.8 Å². The van der Waals surface area contributed by atoms with Gasteiger partial charge in [0, 0.05) is 11.6 Å². The van der Waals surface area contributed by atoms with E-state index < -0.39 is 12.0 Å². The summed E-state index contributed by atoms with van der Waals surface area (Å²) in [6.07, 6.45) is 5.40. The molecule has 1 aliphatic heterocycles. The molecule has 2 aliphatic rings. The summed E-state index contributed by atoms with van der Waals surface area (Å²) in [5.74, 6) is 4.92. The van der Waals surface area contributed by atoms with Crippen LogP contribution in [-0.4, -0.2) is 22.8 Å². The third kappa shape index (κ3) is 2.75. The summed E-state index contributed by atoms with van der Waals surface area (Å²) in [5, 5.41) is 2.50. The molecule has 0 radical (unpaired) electrons. The van der Waals surface area contributed by atoms with Gasteiger partial charge in [-0.3, -0.25) is 9.59 Å². The lowest BCUT2D eigenvalue weighted by molar-refractivity contribution is -0.164. The third-order valence-corrected chi connectivity index (χ3v) is 4.58. The molecule has 104 valence electrons. The lowest BCUT2D eigenvalue weighted by Crippen LogP contribution is -2.41. The second kappa shape index (κ2) is 5.76. The molecule has 2 atom stereocenters. The molecule has 2 unspecified atom stereocenters. The molecule has 20 heavy (non-hydrogen) atoms. The molecule has 5 heteroatoms. The number of esters is 1. The second-order valence-corrected chi connectivity index (χ2v) is 6.12. The molecule has 2 fully saturated rings. The summed E-state index contributed by atoms with van der Waals surface area (Å²) in [6.45, 7) is 0. The highest BCUT2D eigenvalue weighted by Crippen LogP contribution is 2.35. The van der Waals surface area contributed by atoms with Crippen LogP contribution in [0.2, 0.25) is 0 Å². The number of nitrogens with zero attached hydrogens (tertiary/aromatic N) is 1. The van der Waals surface area contributed by atoms with E-state index in [4.69, 9.17) is 4.74 Å². The van der Waals surface area contributed by atoms with E-state index in [1.54, 1.807) is 6.20 Å². The summed E-state index contributed by atoms with van der Waals surface area (Å²) in [4.78, 5) is 28.3. The highest BCUT2D eigenvalue weighted by molar-refractivity contribution is 7.10. The minimum Gasteiger partial charge on any atom is -0.448 e. The normalized spacial score (nSPS) is 27.0. The zero-order valence-electron chi connectivity index (χ0n) is 11.0. The Hall–Kier alpha value is -1.67. The molecule has 4 nitrogen and oxygen atoms in total. The molecule has 0 bridgehead atoms. The predicted molar refractivity (Wildman–Crippen MR) is 73.9 cm³/mol. The van der Waals surface area contributed by atoms with Crippen molar-refractivity contribution in [3.8, 4) is 11.8 Å². The van der Waals surface area contributed by atoms with Crippen LogP contribution in [0.15, 0.2) is 11.6 Å². The maximum atomic E-state index is 12.2. The van der Waals surface area contributed by atoms with Crippen molar-refractivity contribution in [1.29, 1.82) is 0 Å². The zero-order chi connectivity index (χ0) is 13.9. The minimum atomic E-state index is -0.614. The average Bonchev–Trinajstić information content (AvgIpc) is 3.09. The first kappa shape index (κ1) is 13.3. The van der Waals surface area contributed by atoms with Gasteiger partial charge in [-0.15, -0.1) is 11.3 Å². The number of ketones is 1. The first-order valence-electron chi connectivity index (χ1n) is 6.88. The Kier molecular flexibility index (Phi) is 3.83. The van der Waals surface area contributed by atoms with Gasteiger partial charge >= 0.3 is 5.97 Å². The lowest BCUT2D eigenvalue weighted by Gasteiger charge is -2.27. The highest BCUT2D eigenvalue weighted by atomic mass is 32.1. The Bertz CT molecular complexity index is 546. The van der Waals surface area contributed by atoms with Crippen molar-refractivity contribution in [3.63, 3.8) is 0 Å². The van der Waals surface area contributed by atoms with Gasteiger partial charge in [0.2, 0.25) is 0 Å². The summed E-state index contributed by atoms with van der Waals surface area (Å²) >= 11 is 1.42. The van der Waals surface area contributed by atoms with Gasteiger partial charge in [-0.25, -0.2) is 4.98 Å². The zero-order valence-corrected chi connectivity index (χ0v) is 11.8. The van der Waals surface area contributed by atoms with E-state index in [0.29, 0.717) is 5.01 Å². The molecule has 2 heterocycles. The van der Waals surface area contributed by atoms with Gasteiger partial charge in [-0.1, -0.05) is 18.8 Å². The largest absolute Gasteiger partial charge is 0.448 e. The van der Waals surface area contributed by atoms with Gasteiger partial charge in [0.15, 0.2) is 16.9 Å². The van der Waals surface area contributed by atoms with Crippen LogP contribution in [0.25, 0.3) is 0 Å². The van der Waals surface area contributed by atoms with Gasteiger partial charge in [0.25, 0.3) is 0 Å². The molecule has 1 aromatic rings. The average molecular weight is 289 g/mol. The van der Waals surface area contributed by atoms with Gasteiger partial charge in [-0.05, 0) is 24.7 Å². The fourth-order valence-electron chi connectivity index (χ4n) is 2.95. The Labute approximate surface area is 121 Å². The molecule has 1 saturated carbocycles. The van der Waals surface area contributed by atoms with E-state index in [1.165, 1.54) is 11.3 Å². The highest BCUT2D eigenvalue weighted by Gasteiger charge is 2.42. The van der Waals surface area contributed by atoms with Crippen LogP contribution >= 0.6 is 11.3 Å². The SMILES string of the molecule is O=C1CC(C#Cc2nccs2)OC(=O)C1C1CCCC1. The molecule has 0 amide bonds. The minimum absolute atomic E-state index is 0.00779. The number of hydrogen-bond donors (Lipinski definition) is 0. The molecule has 0 spiro atoms. The summed E-state index contributed by atoms with van der Waals surface area (Å²) in [5.41, 5.74) is 0. The molecule has 0 aromatic carbocycles. The van der Waals surface area contributed by atoms with Crippen molar-refractivity contribution in [3.05, 3.63) is 16.6 Å². The molecule has 0 N–H and O–H groups in total. The molecule has 1 aromatic heterocycles. The van der Waals surface area contributed by atoms with Crippen LogP contribution in [0.5, 0.6) is 0 Å². The van der Waals surface area contributed by atoms with Gasteiger partial charge in [-0.2, -0.15) is 0 Å². The molecule has 1 aliphatic carbocycles. The van der Waals surface area contributed by atoms with E-state index in [-0.39, 0.29) is 24.1 Å². The number of hydrogen-bond acceptors (Lipinski definition) is 5. The van der Waals surface area contributed by atoms with Crippen LogP contribution in [0, 0.1) is 23.7 Å². The number of rotatable bonds is 1.